The summed E-state index contributed by atoms with van der Waals surface area (Å²) in [6.07, 6.45) is 8.96. The SMILES string of the molecule is O=C(NCCCOC1CCCCC1)C1CCN(C(=O)c2ccc(Cl)cc2)CC1. The summed E-state index contributed by atoms with van der Waals surface area (Å²) in [5.74, 6) is 0.111. The van der Waals surface area contributed by atoms with Crippen LogP contribution in [0.1, 0.15) is 61.7 Å². The Balaban J connectivity index is 1.31. The van der Waals surface area contributed by atoms with Crippen molar-refractivity contribution in [1.29, 1.82) is 0 Å². The number of rotatable bonds is 7. The third-order valence-corrected chi connectivity index (χ3v) is 6.02. The van der Waals surface area contributed by atoms with Crippen molar-refractivity contribution in [2.45, 2.75) is 57.5 Å². The summed E-state index contributed by atoms with van der Waals surface area (Å²) in [6, 6.07) is 6.96. The van der Waals surface area contributed by atoms with Crippen LogP contribution in [0.15, 0.2) is 24.3 Å². The van der Waals surface area contributed by atoms with E-state index in [-0.39, 0.29) is 17.7 Å². The summed E-state index contributed by atoms with van der Waals surface area (Å²) in [5, 5.41) is 3.66. The van der Waals surface area contributed by atoms with Gasteiger partial charge in [0.25, 0.3) is 5.91 Å². The van der Waals surface area contributed by atoms with Gasteiger partial charge in [-0.15, -0.1) is 0 Å². The van der Waals surface area contributed by atoms with Gasteiger partial charge < -0.3 is 15.0 Å². The zero-order chi connectivity index (χ0) is 19.8. The highest BCUT2D eigenvalue weighted by Crippen LogP contribution is 2.21. The molecule has 6 heteroatoms. The van der Waals surface area contributed by atoms with Crippen LogP contribution in [0, 0.1) is 5.92 Å². The van der Waals surface area contributed by atoms with Gasteiger partial charge in [-0.25, -0.2) is 0 Å². The number of nitrogens with zero attached hydrogens (tertiary/aromatic N) is 1. The molecule has 0 aromatic heterocycles. The van der Waals surface area contributed by atoms with Gasteiger partial charge in [0.05, 0.1) is 6.10 Å². The third kappa shape index (κ3) is 6.21. The fourth-order valence-corrected chi connectivity index (χ4v) is 4.16. The van der Waals surface area contributed by atoms with Crippen LogP contribution in [-0.4, -0.2) is 49.1 Å². The largest absolute Gasteiger partial charge is 0.378 e. The lowest BCUT2D eigenvalue weighted by Gasteiger charge is -2.31. The first-order chi connectivity index (χ1) is 13.6. The molecule has 2 amide bonds. The first-order valence-electron chi connectivity index (χ1n) is 10.6. The Morgan fingerprint density at radius 1 is 1.04 bits per heavy atom. The van der Waals surface area contributed by atoms with E-state index in [4.69, 9.17) is 16.3 Å². The van der Waals surface area contributed by atoms with Gasteiger partial charge in [0.1, 0.15) is 0 Å². The number of likely N-dealkylation sites (tertiary alicyclic amines) is 1. The molecule has 0 unspecified atom stereocenters. The first kappa shape index (κ1) is 21.1. The molecular formula is C22H31ClN2O3. The molecule has 1 heterocycles. The normalized spacial score (nSPS) is 18.8. The lowest BCUT2D eigenvalue weighted by Crippen LogP contribution is -2.43. The lowest BCUT2D eigenvalue weighted by molar-refractivity contribution is -0.126. The second kappa shape index (κ2) is 10.8. The van der Waals surface area contributed by atoms with Crippen molar-refractivity contribution < 1.29 is 14.3 Å². The average Bonchev–Trinajstić information content (AvgIpc) is 2.74. The van der Waals surface area contributed by atoms with E-state index >= 15 is 0 Å². The van der Waals surface area contributed by atoms with Crippen LogP contribution in [0.25, 0.3) is 0 Å². The summed E-state index contributed by atoms with van der Waals surface area (Å²) in [4.78, 5) is 26.7. The van der Waals surface area contributed by atoms with E-state index in [9.17, 15) is 9.59 Å². The maximum absolute atomic E-state index is 12.5. The highest BCUT2D eigenvalue weighted by atomic mass is 35.5. The van der Waals surface area contributed by atoms with Gasteiger partial charge in [-0.1, -0.05) is 30.9 Å². The minimum atomic E-state index is -0.00599. The zero-order valence-corrected chi connectivity index (χ0v) is 17.3. The molecule has 1 aliphatic heterocycles. The molecule has 28 heavy (non-hydrogen) atoms. The molecule has 0 radical (unpaired) electrons. The topological polar surface area (TPSA) is 58.6 Å². The number of nitrogens with one attached hydrogen (secondary N) is 1. The molecule has 3 rings (SSSR count). The lowest BCUT2D eigenvalue weighted by atomic mass is 9.95. The Kier molecular flexibility index (Phi) is 8.16. The maximum Gasteiger partial charge on any atom is 0.253 e. The van der Waals surface area contributed by atoms with Gasteiger partial charge in [0, 0.05) is 42.7 Å². The minimum absolute atomic E-state index is 0.00599. The summed E-state index contributed by atoms with van der Waals surface area (Å²) in [5.41, 5.74) is 0.644. The predicted molar refractivity (Wildman–Crippen MR) is 111 cm³/mol. The van der Waals surface area contributed by atoms with Gasteiger partial charge in [0.15, 0.2) is 0 Å². The van der Waals surface area contributed by atoms with Gasteiger partial charge in [-0.2, -0.15) is 0 Å². The molecule has 1 saturated carbocycles. The maximum atomic E-state index is 12.5. The molecule has 1 aromatic carbocycles. The van der Waals surface area contributed by atoms with Gasteiger partial charge in [-0.05, 0) is 56.4 Å². The standard InChI is InChI=1S/C22H31ClN2O3/c23-19-9-7-18(8-10-19)22(27)25-14-11-17(12-15-25)21(26)24-13-4-16-28-20-5-2-1-3-6-20/h7-10,17,20H,1-6,11-16H2,(H,24,26). The number of carbonyl (C=O) groups is 2. The highest BCUT2D eigenvalue weighted by Gasteiger charge is 2.27. The third-order valence-electron chi connectivity index (χ3n) is 5.77. The van der Waals surface area contributed by atoms with Crippen LogP contribution >= 0.6 is 11.6 Å². The van der Waals surface area contributed by atoms with Crippen LogP contribution < -0.4 is 5.32 Å². The van der Waals surface area contributed by atoms with Gasteiger partial charge in [0.2, 0.25) is 5.91 Å². The van der Waals surface area contributed by atoms with Crippen LogP contribution in [0.2, 0.25) is 5.02 Å². The van der Waals surface area contributed by atoms with Crippen molar-refractivity contribution in [3.63, 3.8) is 0 Å². The number of benzene rings is 1. The first-order valence-corrected chi connectivity index (χ1v) is 11.0. The number of amides is 2. The predicted octanol–water partition coefficient (Wildman–Crippen LogP) is 4.05. The van der Waals surface area contributed by atoms with Crippen molar-refractivity contribution in [2.24, 2.45) is 5.92 Å². The van der Waals surface area contributed by atoms with E-state index in [2.05, 4.69) is 5.32 Å². The van der Waals surface area contributed by atoms with Crippen molar-refractivity contribution in [3.05, 3.63) is 34.9 Å². The second-order valence-corrected chi connectivity index (χ2v) is 8.29. The zero-order valence-electron chi connectivity index (χ0n) is 16.5. The summed E-state index contributed by atoms with van der Waals surface area (Å²) >= 11 is 5.88. The van der Waals surface area contributed by atoms with E-state index in [1.807, 2.05) is 4.90 Å². The quantitative estimate of drug-likeness (QED) is 0.695. The van der Waals surface area contributed by atoms with Crippen molar-refractivity contribution in [2.75, 3.05) is 26.2 Å². The fourth-order valence-electron chi connectivity index (χ4n) is 4.03. The van der Waals surface area contributed by atoms with E-state index in [1.165, 1.54) is 32.1 Å². The summed E-state index contributed by atoms with van der Waals surface area (Å²) in [6.45, 7) is 2.61. The smallest absolute Gasteiger partial charge is 0.253 e. The molecule has 0 bridgehead atoms. The molecule has 0 atom stereocenters. The number of ether oxygens (including phenoxy) is 1. The van der Waals surface area contributed by atoms with Crippen molar-refractivity contribution in [1.82, 2.24) is 10.2 Å². The van der Waals surface area contributed by atoms with Crippen molar-refractivity contribution >= 4 is 23.4 Å². The van der Waals surface area contributed by atoms with Crippen LogP contribution in [0.3, 0.4) is 0 Å². The number of carbonyl (C=O) groups excluding carboxylic acids is 2. The van der Waals surface area contributed by atoms with E-state index in [0.29, 0.717) is 49.2 Å². The molecule has 2 aliphatic rings. The number of halogens is 1. The Hall–Kier alpha value is -1.59. The number of hydrogen-bond acceptors (Lipinski definition) is 3. The molecule has 1 aliphatic carbocycles. The van der Waals surface area contributed by atoms with Crippen LogP contribution in [-0.2, 0) is 9.53 Å². The summed E-state index contributed by atoms with van der Waals surface area (Å²) in [7, 11) is 0. The molecular weight excluding hydrogens is 376 g/mol. The van der Waals surface area contributed by atoms with Crippen LogP contribution in [0.4, 0.5) is 0 Å². The van der Waals surface area contributed by atoms with E-state index < -0.39 is 0 Å². The fraction of sp³-hybridized carbons (Fsp3) is 0.636. The summed E-state index contributed by atoms with van der Waals surface area (Å²) < 4.78 is 5.90. The average molecular weight is 407 g/mol. The van der Waals surface area contributed by atoms with E-state index in [0.717, 1.165) is 13.0 Å². The Bertz CT molecular complexity index is 636. The second-order valence-electron chi connectivity index (χ2n) is 7.85. The van der Waals surface area contributed by atoms with Gasteiger partial charge >= 0.3 is 0 Å². The molecule has 0 spiro atoms. The monoisotopic (exact) mass is 406 g/mol. The number of hydrogen-bond donors (Lipinski definition) is 1. The van der Waals surface area contributed by atoms with E-state index in [1.54, 1.807) is 24.3 Å². The molecule has 5 nitrogen and oxygen atoms in total. The number of piperidine rings is 1. The molecule has 2 fully saturated rings. The van der Waals surface area contributed by atoms with Gasteiger partial charge in [-0.3, -0.25) is 9.59 Å². The minimum Gasteiger partial charge on any atom is -0.378 e. The highest BCUT2D eigenvalue weighted by molar-refractivity contribution is 6.30. The molecule has 1 N–H and O–H groups in total. The van der Waals surface area contributed by atoms with Crippen molar-refractivity contribution in [3.8, 4) is 0 Å². The molecule has 1 saturated heterocycles. The Morgan fingerprint density at radius 3 is 2.39 bits per heavy atom. The molecule has 154 valence electrons. The Labute approximate surface area is 172 Å². The van der Waals surface area contributed by atoms with Crippen LogP contribution in [0.5, 0.6) is 0 Å². The Morgan fingerprint density at radius 2 is 1.71 bits per heavy atom. The molecule has 1 aromatic rings.